The van der Waals surface area contributed by atoms with Gasteiger partial charge in [-0.05, 0) is 187 Å². The lowest BCUT2D eigenvalue weighted by atomic mass is 10.2. The molecule has 27 heteroatoms. The summed E-state index contributed by atoms with van der Waals surface area (Å²) < 4.78 is 34.6. The van der Waals surface area contributed by atoms with E-state index in [4.69, 9.17) is 60.6 Å². The molecule has 0 bridgehead atoms. The topological polar surface area (TPSA) is 399 Å². The third-order valence-electron chi connectivity index (χ3n) is 12.5. The van der Waals surface area contributed by atoms with E-state index in [-0.39, 0.29) is 42.2 Å². The number of nitrogens with two attached hydrogens (primary N) is 3. The highest BCUT2D eigenvalue weighted by atomic mass is 16.6. The number of aliphatic hydroxyl groups is 1. The van der Waals surface area contributed by atoms with Gasteiger partial charge in [0.05, 0.1) is 62.9 Å². The molecule has 16 N–H and O–H groups in total. The number of nitrogen functional groups attached to an aromatic ring is 1. The third kappa shape index (κ3) is 42.4. The van der Waals surface area contributed by atoms with Crippen LogP contribution in [-0.4, -0.2) is 198 Å². The number of hydrogen-bond acceptors (Lipinski definition) is 23. The van der Waals surface area contributed by atoms with Crippen LogP contribution in [0.15, 0.2) is 146 Å². The number of methoxy groups -OCH3 is 4. The Kier molecular flexibility index (Phi) is 47.7. The van der Waals surface area contributed by atoms with Crippen molar-refractivity contribution < 1.29 is 76.9 Å². The zero-order valence-electron chi connectivity index (χ0n) is 58.6. The van der Waals surface area contributed by atoms with Crippen LogP contribution in [0.2, 0.25) is 0 Å². The van der Waals surface area contributed by atoms with Crippen LogP contribution in [0.5, 0.6) is 0 Å². The molecule has 0 atom stereocenters. The third-order valence-corrected chi connectivity index (χ3v) is 12.5. The molecule has 6 rings (SSSR count). The molecule has 0 aliphatic carbocycles. The van der Waals surface area contributed by atoms with Crippen LogP contribution >= 0.6 is 0 Å². The Bertz CT molecular complexity index is 3160. The molecular formula is C72H105N11O16. The molecule has 6 aromatic rings. The Morgan fingerprint density at radius 2 is 0.687 bits per heavy atom. The highest BCUT2D eigenvalue weighted by Crippen LogP contribution is 2.15. The lowest BCUT2D eigenvalue weighted by molar-refractivity contribution is -0.154. The van der Waals surface area contributed by atoms with Gasteiger partial charge in [0.1, 0.15) is 5.60 Å². The zero-order chi connectivity index (χ0) is 73.5. The minimum absolute atomic E-state index is 0.0821. The minimum atomic E-state index is -0.909. The molecule has 27 nitrogen and oxygen atoms in total. The number of benzene rings is 6. The number of amides is 3. The van der Waals surface area contributed by atoms with E-state index in [0.717, 1.165) is 41.5 Å². The molecule has 0 aromatic heterocycles. The maximum absolute atomic E-state index is 12.0. The average molecular weight is 1380 g/mol. The maximum Gasteiger partial charge on any atom is 0.338 e. The molecule has 0 unspecified atom stereocenters. The lowest BCUT2D eigenvalue weighted by Crippen LogP contribution is -2.28. The summed E-state index contributed by atoms with van der Waals surface area (Å²) in [5, 5.41) is 41.1. The molecule has 0 aliphatic rings. The Hall–Kier alpha value is -9.87. The van der Waals surface area contributed by atoms with Crippen LogP contribution in [-0.2, 0) is 38.0 Å². The first-order valence-electron chi connectivity index (χ1n) is 32.3. The molecule has 99 heavy (non-hydrogen) atoms. The second-order valence-corrected chi connectivity index (χ2v) is 21.6. The van der Waals surface area contributed by atoms with Crippen LogP contribution in [0.3, 0.4) is 0 Å². The summed E-state index contributed by atoms with van der Waals surface area (Å²) in [4.78, 5) is 79.6. The van der Waals surface area contributed by atoms with Crippen molar-refractivity contribution in [3.8, 4) is 0 Å². The second-order valence-electron chi connectivity index (χ2n) is 21.6. The number of carbonyl (C=O) groups excluding carboxylic acids is 6. The molecule has 0 radical (unpaired) electrons. The summed E-state index contributed by atoms with van der Waals surface area (Å²) in [6, 6.07) is 42.0. The second kappa shape index (κ2) is 54.2. The van der Waals surface area contributed by atoms with Gasteiger partial charge in [0.15, 0.2) is 0 Å². The zero-order valence-corrected chi connectivity index (χ0v) is 58.6. The van der Waals surface area contributed by atoms with Gasteiger partial charge in [-0.3, -0.25) is 19.2 Å². The van der Waals surface area contributed by atoms with Crippen LogP contribution < -0.4 is 59.7 Å². The highest BCUT2D eigenvalue weighted by Gasteiger charge is 2.16. The summed E-state index contributed by atoms with van der Waals surface area (Å²) in [5.74, 6) is -2.12. The molecule has 0 saturated heterocycles. The van der Waals surface area contributed by atoms with E-state index < -0.39 is 11.6 Å². The molecule has 0 fully saturated rings. The van der Waals surface area contributed by atoms with Crippen LogP contribution in [0, 0.1) is 0 Å². The summed E-state index contributed by atoms with van der Waals surface area (Å²) in [6.45, 7) is 18.2. The molecule has 0 heterocycles. The van der Waals surface area contributed by atoms with E-state index >= 15 is 0 Å². The van der Waals surface area contributed by atoms with Crippen LogP contribution in [0.25, 0.3) is 0 Å². The van der Waals surface area contributed by atoms with E-state index in [1.165, 1.54) is 0 Å². The SMILES string of the molecule is CCOC(=O)c1ccc(N)cc1.CCOC(=O)c1ccc(NCCOC)cc1.COCCNc1ccc(C(=O)NCCCC(=O)OC(C)(C)C)cc1.COCCNc1ccc(C(=O)NCCN)cc1.COCCNc1ccc(C(=O)O)cc1.NCCNC(=O)c1ccc(NCCO)cc1. The average Bonchev–Trinajstić information content (AvgIpc) is 1.29. The Morgan fingerprint density at radius 1 is 0.404 bits per heavy atom. The van der Waals surface area contributed by atoms with E-state index in [0.29, 0.717) is 144 Å². The summed E-state index contributed by atoms with van der Waals surface area (Å²) in [6.07, 6.45) is 0.844. The summed E-state index contributed by atoms with van der Waals surface area (Å²) in [7, 11) is 6.60. The Balaban J connectivity index is 0.000000602. The van der Waals surface area contributed by atoms with Crippen molar-refractivity contribution in [1.29, 1.82) is 0 Å². The fourth-order valence-corrected chi connectivity index (χ4v) is 7.62. The van der Waals surface area contributed by atoms with Gasteiger partial charge >= 0.3 is 23.9 Å². The molecule has 544 valence electrons. The van der Waals surface area contributed by atoms with Crippen molar-refractivity contribution in [2.24, 2.45) is 11.5 Å². The van der Waals surface area contributed by atoms with Crippen LogP contribution in [0.4, 0.5) is 34.1 Å². The monoisotopic (exact) mass is 1380 g/mol. The number of anilines is 6. The predicted octanol–water partition coefficient (Wildman–Crippen LogP) is 7.62. The van der Waals surface area contributed by atoms with Gasteiger partial charge in [-0.1, -0.05) is 0 Å². The van der Waals surface area contributed by atoms with Crippen LogP contribution in [0.1, 0.15) is 110 Å². The molecule has 6 aromatic carbocycles. The number of nitrogens with one attached hydrogen (secondary N) is 8. The predicted molar refractivity (Wildman–Crippen MR) is 389 cm³/mol. The van der Waals surface area contributed by atoms with E-state index in [9.17, 15) is 33.6 Å². The molecule has 3 amide bonds. The molecule has 0 aliphatic heterocycles. The summed E-state index contributed by atoms with van der Waals surface area (Å²) >= 11 is 0. The maximum atomic E-state index is 12.0. The van der Waals surface area contributed by atoms with Gasteiger partial charge in [0.2, 0.25) is 0 Å². The molecule has 0 saturated carbocycles. The van der Waals surface area contributed by atoms with Gasteiger partial charge in [-0.15, -0.1) is 0 Å². The highest BCUT2D eigenvalue weighted by molar-refractivity contribution is 5.96. The van der Waals surface area contributed by atoms with Crippen molar-refractivity contribution >= 4 is 75.7 Å². The molecule has 0 spiro atoms. The largest absolute Gasteiger partial charge is 0.478 e. The van der Waals surface area contributed by atoms with Gasteiger partial charge in [-0.25, -0.2) is 14.4 Å². The van der Waals surface area contributed by atoms with Gasteiger partial charge < -0.3 is 103 Å². The van der Waals surface area contributed by atoms with Crippen molar-refractivity contribution in [2.75, 3.05) is 172 Å². The van der Waals surface area contributed by atoms with Gasteiger partial charge in [0.25, 0.3) is 17.7 Å². The van der Waals surface area contributed by atoms with E-state index in [1.54, 1.807) is 151 Å². The minimum Gasteiger partial charge on any atom is -0.478 e. The number of esters is 3. The molecular weight excluding hydrogens is 1270 g/mol. The quantitative estimate of drug-likeness (QED) is 0.00787. The first-order chi connectivity index (χ1) is 47.6. The number of aliphatic hydroxyl groups excluding tert-OH is 1. The van der Waals surface area contributed by atoms with Gasteiger partial charge in [0, 0.05) is 151 Å². The first kappa shape index (κ1) is 87.1. The van der Waals surface area contributed by atoms with E-state index in [1.807, 2.05) is 57.2 Å². The smallest absolute Gasteiger partial charge is 0.338 e. The van der Waals surface area contributed by atoms with Crippen molar-refractivity contribution in [1.82, 2.24) is 16.0 Å². The summed E-state index contributed by atoms with van der Waals surface area (Å²) in [5.41, 5.74) is 24.1. The normalized spacial score (nSPS) is 10.1. The van der Waals surface area contributed by atoms with E-state index in [2.05, 4.69) is 42.5 Å². The number of rotatable bonds is 35. The number of aromatic carboxylic acids is 1. The number of hydrogen-bond donors (Lipinski definition) is 13. The number of carbonyl (C=O) groups is 7. The Morgan fingerprint density at radius 3 is 0.960 bits per heavy atom. The van der Waals surface area contributed by atoms with Crippen molar-refractivity contribution in [3.05, 3.63) is 179 Å². The fraction of sp³-hybridized carbons (Fsp3) is 0.403. The fourth-order valence-electron chi connectivity index (χ4n) is 7.62. The standard InChI is InChI=1S/C18H28N2O4.C12H19N3O2.C12H17NO3.C11H17N3O2.C10H13NO3.C9H11NO2/c1-18(2,3)24-16(21)6-5-11-20-17(22)14-7-9-15(10-8-14)19-12-13-23-4;1-17-9-8-14-11-4-2-10(3-5-11)12(16)15-7-6-13;1-3-16-12(14)10-4-6-11(7-5-10)13-8-9-15-2;12-5-6-14-11(16)9-1-3-10(4-2-9)13-7-8-15;1-14-7-6-11-9-4-2-8(3-5-9)10(12)13;1-2-12-9(11)7-3-5-8(10)6-4-7/h7-10,19H,5-6,11-13H2,1-4H3,(H,20,22);2-5,14H,6-9,13H2,1H3,(H,15,16);4-7,13H,3,8-9H2,1-2H3;1-4,13,15H,5-8,12H2,(H,14,16);2-5,11H,6-7H2,1H3,(H,12,13);3-6H,2,10H2,1H3. The van der Waals surface area contributed by atoms with Crippen molar-refractivity contribution in [3.63, 3.8) is 0 Å². The first-order valence-corrected chi connectivity index (χ1v) is 32.3. The lowest BCUT2D eigenvalue weighted by Gasteiger charge is -2.19. The van der Waals surface area contributed by atoms with Crippen molar-refractivity contribution in [2.45, 2.75) is 53.1 Å². The number of ether oxygens (including phenoxy) is 7. The number of carboxylic acid groups (broad SMARTS) is 1. The Labute approximate surface area is 582 Å². The van der Waals surface area contributed by atoms with Gasteiger partial charge in [-0.2, -0.15) is 0 Å². The number of carboxylic acids is 1.